The Hall–Kier alpha value is -2.91. The number of rotatable bonds is 7. The molecule has 1 fully saturated rings. The largest absolute Gasteiger partial charge is 0.497 e. The van der Waals surface area contributed by atoms with Crippen LogP contribution in [0.4, 0.5) is 5.69 Å². The highest BCUT2D eigenvalue weighted by Gasteiger charge is 2.39. The van der Waals surface area contributed by atoms with Gasteiger partial charge in [-0.05, 0) is 48.5 Å². The van der Waals surface area contributed by atoms with Crippen molar-refractivity contribution in [1.29, 1.82) is 0 Å². The molecule has 1 atom stereocenters. The second-order valence-electron chi connectivity index (χ2n) is 5.96. The molecule has 0 saturated carbocycles. The van der Waals surface area contributed by atoms with E-state index in [0.717, 1.165) is 9.37 Å². The standard InChI is InChI=1S/C19H18BrN3O5/c1-27-14-6-8-15(9-7-14)28-11-17(24)22-21-16-10-18(25)23(19(16)26)13-4-2-12(20)3-5-13/h2-9,16,21H,10-11H2,1H3,(H,22,24). The van der Waals surface area contributed by atoms with Crippen molar-refractivity contribution < 1.29 is 23.9 Å². The highest BCUT2D eigenvalue weighted by molar-refractivity contribution is 9.10. The fraction of sp³-hybridized carbons (Fsp3) is 0.211. The van der Waals surface area contributed by atoms with Crippen molar-refractivity contribution in [1.82, 2.24) is 10.9 Å². The van der Waals surface area contributed by atoms with Gasteiger partial charge in [-0.3, -0.25) is 19.8 Å². The molecular formula is C19H18BrN3O5. The topological polar surface area (TPSA) is 97.0 Å². The monoisotopic (exact) mass is 447 g/mol. The van der Waals surface area contributed by atoms with Gasteiger partial charge in [-0.2, -0.15) is 0 Å². The smallest absolute Gasteiger partial charge is 0.272 e. The van der Waals surface area contributed by atoms with E-state index in [4.69, 9.17) is 9.47 Å². The molecule has 0 bridgehead atoms. The van der Waals surface area contributed by atoms with E-state index in [9.17, 15) is 14.4 Å². The van der Waals surface area contributed by atoms with Crippen LogP contribution in [0.15, 0.2) is 53.0 Å². The van der Waals surface area contributed by atoms with Crippen LogP contribution in [0, 0.1) is 0 Å². The number of nitrogens with zero attached hydrogens (tertiary/aromatic N) is 1. The van der Waals surface area contributed by atoms with Crippen LogP contribution in [-0.2, 0) is 14.4 Å². The Labute approximate surface area is 169 Å². The number of hydrogen-bond acceptors (Lipinski definition) is 6. The Morgan fingerprint density at radius 2 is 1.75 bits per heavy atom. The fourth-order valence-corrected chi connectivity index (χ4v) is 2.89. The van der Waals surface area contributed by atoms with Crippen molar-refractivity contribution in [3.8, 4) is 11.5 Å². The van der Waals surface area contributed by atoms with Gasteiger partial charge in [0.25, 0.3) is 11.8 Å². The second kappa shape index (κ2) is 8.85. The number of halogens is 1. The molecule has 3 rings (SSSR count). The number of anilines is 1. The van der Waals surface area contributed by atoms with E-state index in [1.165, 1.54) is 0 Å². The number of hydrogen-bond donors (Lipinski definition) is 2. The lowest BCUT2D eigenvalue weighted by atomic mass is 10.2. The Bertz CT molecular complexity index is 870. The van der Waals surface area contributed by atoms with Crippen LogP contribution in [0.2, 0.25) is 0 Å². The molecule has 1 unspecified atom stereocenters. The zero-order chi connectivity index (χ0) is 20.1. The zero-order valence-electron chi connectivity index (χ0n) is 15.0. The lowest BCUT2D eigenvalue weighted by Gasteiger charge is -2.16. The van der Waals surface area contributed by atoms with Crippen LogP contribution in [0.1, 0.15) is 6.42 Å². The van der Waals surface area contributed by atoms with E-state index in [0.29, 0.717) is 17.2 Å². The summed E-state index contributed by atoms with van der Waals surface area (Å²) in [6, 6.07) is 12.8. The highest BCUT2D eigenvalue weighted by atomic mass is 79.9. The number of methoxy groups -OCH3 is 1. The van der Waals surface area contributed by atoms with Gasteiger partial charge in [-0.1, -0.05) is 15.9 Å². The summed E-state index contributed by atoms with van der Waals surface area (Å²) >= 11 is 3.31. The molecule has 2 aromatic carbocycles. The highest BCUT2D eigenvalue weighted by Crippen LogP contribution is 2.24. The van der Waals surface area contributed by atoms with Crippen LogP contribution in [0.25, 0.3) is 0 Å². The number of nitrogens with one attached hydrogen (secondary N) is 2. The van der Waals surface area contributed by atoms with Gasteiger partial charge in [0.05, 0.1) is 19.2 Å². The van der Waals surface area contributed by atoms with Gasteiger partial charge < -0.3 is 9.47 Å². The third kappa shape index (κ3) is 4.68. The Morgan fingerprint density at radius 1 is 1.11 bits per heavy atom. The van der Waals surface area contributed by atoms with E-state index in [2.05, 4.69) is 26.8 Å². The quantitative estimate of drug-likeness (QED) is 0.496. The minimum absolute atomic E-state index is 0.0471. The van der Waals surface area contributed by atoms with Gasteiger partial charge in [-0.25, -0.2) is 10.3 Å². The second-order valence-corrected chi connectivity index (χ2v) is 6.87. The molecule has 2 N–H and O–H groups in total. The summed E-state index contributed by atoms with van der Waals surface area (Å²) in [5.74, 6) is -0.0573. The van der Waals surface area contributed by atoms with Gasteiger partial charge in [-0.15, -0.1) is 0 Å². The number of imide groups is 1. The third-order valence-corrected chi connectivity index (χ3v) is 4.58. The molecule has 1 aliphatic rings. The predicted octanol–water partition coefficient (Wildman–Crippen LogP) is 1.79. The van der Waals surface area contributed by atoms with E-state index in [1.807, 2.05) is 0 Å². The minimum Gasteiger partial charge on any atom is -0.497 e. The number of ether oxygens (including phenoxy) is 2. The molecule has 28 heavy (non-hydrogen) atoms. The number of hydrazine groups is 1. The Morgan fingerprint density at radius 3 is 2.39 bits per heavy atom. The van der Waals surface area contributed by atoms with Crippen molar-refractivity contribution in [2.75, 3.05) is 18.6 Å². The lowest BCUT2D eigenvalue weighted by Crippen LogP contribution is -2.49. The first-order valence-corrected chi connectivity index (χ1v) is 9.21. The molecule has 1 heterocycles. The van der Waals surface area contributed by atoms with Crippen LogP contribution >= 0.6 is 15.9 Å². The summed E-state index contributed by atoms with van der Waals surface area (Å²) in [6.45, 7) is -0.245. The summed E-state index contributed by atoms with van der Waals surface area (Å²) in [5.41, 5.74) is 5.49. The summed E-state index contributed by atoms with van der Waals surface area (Å²) in [7, 11) is 1.56. The normalized spacial score (nSPS) is 16.2. The average Bonchev–Trinajstić information content (AvgIpc) is 2.99. The molecule has 0 aliphatic carbocycles. The maximum atomic E-state index is 12.5. The van der Waals surface area contributed by atoms with Gasteiger partial charge in [0.1, 0.15) is 17.5 Å². The van der Waals surface area contributed by atoms with Gasteiger partial charge in [0, 0.05) is 4.47 Å². The molecule has 8 nitrogen and oxygen atoms in total. The van der Waals surface area contributed by atoms with Crippen molar-refractivity contribution in [3.63, 3.8) is 0 Å². The maximum absolute atomic E-state index is 12.5. The predicted molar refractivity (Wildman–Crippen MR) is 105 cm³/mol. The molecule has 3 amide bonds. The van der Waals surface area contributed by atoms with Crippen LogP contribution in [0.3, 0.4) is 0 Å². The fourth-order valence-electron chi connectivity index (χ4n) is 2.63. The van der Waals surface area contributed by atoms with Gasteiger partial charge in [0.2, 0.25) is 5.91 Å². The molecule has 1 aliphatic heterocycles. The first kappa shape index (κ1) is 19.8. The zero-order valence-corrected chi connectivity index (χ0v) is 16.6. The Kier molecular flexibility index (Phi) is 6.27. The molecule has 2 aromatic rings. The van der Waals surface area contributed by atoms with Gasteiger partial charge in [0.15, 0.2) is 6.61 Å². The maximum Gasteiger partial charge on any atom is 0.272 e. The summed E-state index contributed by atoms with van der Waals surface area (Å²) in [5, 5.41) is 0. The van der Waals surface area contributed by atoms with E-state index in [-0.39, 0.29) is 18.9 Å². The number of amides is 3. The summed E-state index contributed by atoms with van der Waals surface area (Å²) in [6.07, 6.45) is -0.0471. The van der Waals surface area contributed by atoms with Crippen LogP contribution in [0.5, 0.6) is 11.5 Å². The molecule has 9 heteroatoms. The molecule has 0 spiro atoms. The van der Waals surface area contributed by atoms with E-state index < -0.39 is 17.9 Å². The SMILES string of the molecule is COc1ccc(OCC(=O)NNC2CC(=O)N(c3ccc(Br)cc3)C2=O)cc1. The molecular weight excluding hydrogens is 430 g/mol. The molecule has 0 aromatic heterocycles. The van der Waals surface area contributed by atoms with Crippen molar-refractivity contribution in [2.45, 2.75) is 12.5 Å². The number of carbonyl (C=O) groups excluding carboxylic acids is 3. The summed E-state index contributed by atoms with van der Waals surface area (Å²) in [4.78, 5) is 37.7. The van der Waals surface area contributed by atoms with E-state index >= 15 is 0 Å². The van der Waals surface area contributed by atoms with E-state index in [1.54, 1.807) is 55.6 Å². The number of carbonyl (C=O) groups is 3. The Balaban J connectivity index is 1.50. The van der Waals surface area contributed by atoms with Crippen LogP contribution < -0.4 is 25.2 Å². The third-order valence-electron chi connectivity index (χ3n) is 4.05. The number of benzene rings is 2. The minimum atomic E-state index is -0.832. The van der Waals surface area contributed by atoms with Crippen LogP contribution in [-0.4, -0.2) is 37.5 Å². The summed E-state index contributed by atoms with van der Waals surface area (Å²) < 4.78 is 11.2. The van der Waals surface area contributed by atoms with Crippen molar-refractivity contribution in [3.05, 3.63) is 53.0 Å². The van der Waals surface area contributed by atoms with Gasteiger partial charge >= 0.3 is 0 Å². The van der Waals surface area contributed by atoms with Crippen molar-refractivity contribution >= 4 is 39.3 Å². The lowest BCUT2D eigenvalue weighted by molar-refractivity contribution is -0.125. The first-order chi connectivity index (χ1) is 13.5. The first-order valence-electron chi connectivity index (χ1n) is 8.41. The molecule has 1 saturated heterocycles. The average molecular weight is 448 g/mol. The molecule has 0 radical (unpaired) electrons. The molecule has 146 valence electrons. The van der Waals surface area contributed by atoms with Crippen molar-refractivity contribution in [2.24, 2.45) is 0 Å².